The van der Waals surface area contributed by atoms with Crippen molar-refractivity contribution in [3.8, 4) is 11.4 Å². The summed E-state index contributed by atoms with van der Waals surface area (Å²) in [6.45, 7) is 0. The van der Waals surface area contributed by atoms with Gasteiger partial charge < -0.3 is 9.84 Å². The molecule has 0 bridgehead atoms. The number of hydrogen-bond acceptors (Lipinski definition) is 3. The zero-order chi connectivity index (χ0) is 14.1. The van der Waals surface area contributed by atoms with Gasteiger partial charge in [0.25, 0.3) is 0 Å². The predicted octanol–water partition coefficient (Wildman–Crippen LogP) is 2.73. The number of carboxylic acid groups (broad SMARTS) is 1. The largest absolute Gasteiger partial charge is 0.497 e. The van der Waals surface area contributed by atoms with Gasteiger partial charge in [-0.25, -0.2) is 9.78 Å². The van der Waals surface area contributed by atoms with E-state index in [0.29, 0.717) is 5.52 Å². The summed E-state index contributed by atoms with van der Waals surface area (Å²) in [7, 11) is 1.62. The quantitative estimate of drug-likeness (QED) is 0.793. The molecule has 0 radical (unpaired) electrons. The Bertz CT molecular complexity index is 775. The van der Waals surface area contributed by atoms with Crippen LogP contribution in [-0.2, 0) is 0 Å². The molecule has 0 spiro atoms. The summed E-state index contributed by atoms with van der Waals surface area (Å²) in [5, 5.41) is 8.98. The van der Waals surface area contributed by atoms with E-state index >= 15 is 0 Å². The van der Waals surface area contributed by atoms with Crippen molar-refractivity contribution in [2.24, 2.45) is 0 Å². The number of aromatic carboxylic acids is 1. The number of ether oxygens (including phenoxy) is 1. The molecule has 0 unspecified atom stereocenters. The van der Waals surface area contributed by atoms with Crippen LogP contribution in [0.2, 0.25) is 0 Å². The number of carbonyl (C=O) groups is 1. The van der Waals surface area contributed by atoms with Crippen LogP contribution in [0.3, 0.4) is 0 Å². The normalized spacial score (nSPS) is 10.7. The van der Waals surface area contributed by atoms with E-state index in [0.717, 1.165) is 17.0 Å². The number of fused-ring (bicyclic) bond motifs is 1. The van der Waals surface area contributed by atoms with Gasteiger partial charge in [0.1, 0.15) is 12.1 Å². The molecular formula is C15H12N2O3. The van der Waals surface area contributed by atoms with E-state index in [1.165, 1.54) is 0 Å². The predicted molar refractivity (Wildman–Crippen MR) is 74.6 cm³/mol. The first-order chi connectivity index (χ1) is 9.69. The summed E-state index contributed by atoms with van der Waals surface area (Å²) in [4.78, 5) is 15.2. The van der Waals surface area contributed by atoms with Crippen LogP contribution in [0, 0.1) is 0 Å². The molecule has 2 aromatic carbocycles. The number of carboxylic acids is 1. The van der Waals surface area contributed by atoms with Crippen molar-refractivity contribution in [1.82, 2.24) is 9.55 Å². The molecule has 3 rings (SSSR count). The molecule has 3 aromatic rings. The number of imidazole rings is 1. The lowest BCUT2D eigenvalue weighted by molar-refractivity contribution is 0.0697. The van der Waals surface area contributed by atoms with Crippen LogP contribution in [0.4, 0.5) is 0 Å². The van der Waals surface area contributed by atoms with Gasteiger partial charge in [-0.05, 0) is 42.5 Å². The minimum absolute atomic E-state index is 0.234. The number of nitrogens with zero attached hydrogens (tertiary/aromatic N) is 2. The van der Waals surface area contributed by atoms with Crippen molar-refractivity contribution in [3.05, 3.63) is 54.4 Å². The molecule has 0 saturated carbocycles. The first-order valence-corrected chi connectivity index (χ1v) is 6.04. The third-order valence-corrected chi connectivity index (χ3v) is 3.14. The van der Waals surface area contributed by atoms with E-state index in [-0.39, 0.29) is 5.56 Å². The molecule has 20 heavy (non-hydrogen) atoms. The molecule has 0 aliphatic rings. The van der Waals surface area contributed by atoms with Gasteiger partial charge in [0.2, 0.25) is 0 Å². The lowest BCUT2D eigenvalue weighted by atomic mass is 10.2. The van der Waals surface area contributed by atoms with Gasteiger partial charge in [0, 0.05) is 5.69 Å². The van der Waals surface area contributed by atoms with Crippen LogP contribution in [0.25, 0.3) is 16.7 Å². The Morgan fingerprint density at radius 1 is 1.20 bits per heavy atom. The molecular weight excluding hydrogens is 256 g/mol. The molecule has 0 amide bonds. The summed E-state index contributed by atoms with van der Waals surface area (Å²) >= 11 is 0. The number of rotatable bonds is 3. The lowest BCUT2D eigenvalue weighted by Gasteiger charge is -2.05. The molecule has 0 atom stereocenters. The Morgan fingerprint density at radius 3 is 2.60 bits per heavy atom. The Labute approximate surface area is 115 Å². The van der Waals surface area contributed by atoms with Crippen LogP contribution < -0.4 is 4.74 Å². The molecule has 0 aliphatic carbocycles. The summed E-state index contributed by atoms with van der Waals surface area (Å²) in [6, 6.07) is 12.5. The fourth-order valence-electron chi connectivity index (χ4n) is 2.09. The van der Waals surface area contributed by atoms with E-state index < -0.39 is 5.97 Å². The van der Waals surface area contributed by atoms with Crippen molar-refractivity contribution in [2.75, 3.05) is 7.11 Å². The first kappa shape index (κ1) is 12.2. The minimum atomic E-state index is -0.953. The number of aromatic nitrogens is 2. The van der Waals surface area contributed by atoms with E-state index in [1.807, 2.05) is 28.8 Å². The third-order valence-electron chi connectivity index (χ3n) is 3.14. The van der Waals surface area contributed by atoms with Crippen molar-refractivity contribution in [2.45, 2.75) is 0 Å². The van der Waals surface area contributed by atoms with E-state index in [4.69, 9.17) is 9.84 Å². The Kier molecular flexibility index (Phi) is 2.87. The summed E-state index contributed by atoms with van der Waals surface area (Å²) in [5.41, 5.74) is 2.69. The second kappa shape index (κ2) is 4.70. The van der Waals surface area contributed by atoms with Crippen LogP contribution >= 0.6 is 0 Å². The number of methoxy groups -OCH3 is 1. The van der Waals surface area contributed by atoms with E-state index in [2.05, 4.69) is 4.98 Å². The highest BCUT2D eigenvalue weighted by molar-refractivity contribution is 5.92. The van der Waals surface area contributed by atoms with Gasteiger partial charge >= 0.3 is 5.97 Å². The maximum Gasteiger partial charge on any atom is 0.335 e. The van der Waals surface area contributed by atoms with Crippen LogP contribution in [0.15, 0.2) is 48.8 Å². The Morgan fingerprint density at radius 2 is 1.95 bits per heavy atom. The molecule has 5 nitrogen and oxygen atoms in total. The molecule has 0 fully saturated rings. The zero-order valence-electron chi connectivity index (χ0n) is 10.8. The Balaban J connectivity index is 2.09. The summed E-state index contributed by atoms with van der Waals surface area (Å²) < 4.78 is 7.03. The summed E-state index contributed by atoms with van der Waals surface area (Å²) in [5.74, 6) is -0.169. The second-order valence-electron chi connectivity index (χ2n) is 4.32. The molecule has 1 heterocycles. The minimum Gasteiger partial charge on any atom is -0.497 e. The van der Waals surface area contributed by atoms with Crippen LogP contribution in [-0.4, -0.2) is 27.7 Å². The van der Waals surface area contributed by atoms with Crippen molar-refractivity contribution in [1.29, 1.82) is 0 Å². The molecule has 0 saturated heterocycles. The smallest absolute Gasteiger partial charge is 0.335 e. The van der Waals surface area contributed by atoms with Gasteiger partial charge in [-0.2, -0.15) is 0 Å². The van der Waals surface area contributed by atoms with Crippen LogP contribution in [0.1, 0.15) is 10.4 Å². The highest BCUT2D eigenvalue weighted by Gasteiger charge is 2.08. The van der Waals surface area contributed by atoms with Crippen molar-refractivity contribution >= 4 is 17.0 Å². The maximum atomic E-state index is 10.9. The average Bonchev–Trinajstić information content (AvgIpc) is 2.90. The zero-order valence-corrected chi connectivity index (χ0v) is 10.8. The van der Waals surface area contributed by atoms with Crippen molar-refractivity contribution in [3.63, 3.8) is 0 Å². The molecule has 100 valence electrons. The topological polar surface area (TPSA) is 64.4 Å². The lowest BCUT2D eigenvalue weighted by Crippen LogP contribution is -1.96. The van der Waals surface area contributed by atoms with Gasteiger partial charge in [0.15, 0.2) is 0 Å². The third kappa shape index (κ3) is 1.99. The highest BCUT2D eigenvalue weighted by Crippen LogP contribution is 2.21. The maximum absolute atomic E-state index is 10.9. The van der Waals surface area contributed by atoms with Gasteiger partial charge in [0.05, 0.1) is 23.7 Å². The van der Waals surface area contributed by atoms with E-state index in [1.54, 1.807) is 31.6 Å². The number of benzene rings is 2. The Hall–Kier alpha value is -2.82. The highest BCUT2D eigenvalue weighted by atomic mass is 16.5. The molecule has 1 N–H and O–H groups in total. The average molecular weight is 268 g/mol. The van der Waals surface area contributed by atoms with Gasteiger partial charge in [-0.15, -0.1) is 0 Å². The molecule has 0 aliphatic heterocycles. The fourth-order valence-corrected chi connectivity index (χ4v) is 2.09. The van der Waals surface area contributed by atoms with Crippen LogP contribution in [0.5, 0.6) is 5.75 Å². The number of hydrogen-bond donors (Lipinski definition) is 1. The molecule has 1 aromatic heterocycles. The molecule has 5 heteroatoms. The standard InChI is InChI=1S/C15H12N2O3/c1-20-12-5-3-11(4-6-12)17-9-16-13-8-10(15(18)19)2-7-14(13)17/h2-9H,1H3,(H,18,19). The van der Waals surface area contributed by atoms with E-state index in [9.17, 15) is 4.79 Å². The first-order valence-electron chi connectivity index (χ1n) is 6.04. The summed E-state index contributed by atoms with van der Waals surface area (Å²) in [6.07, 6.45) is 1.68. The SMILES string of the molecule is COc1ccc(-n2cnc3cc(C(=O)O)ccc32)cc1. The van der Waals surface area contributed by atoms with Gasteiger partial charge in [-0.1, -0.05) is 0 Å². The van der Waals surface area contributed by atoms with Gasteiger partial charge in [-0.3, -0.25) is 4.57 Å². The fraction of sp³-hybridized carbons (Fsp3) is 0.0667. The van der Waals surface area contributed by atoms with Crippen molar-refractivity contribution < 1.29 is 14.6 Å². The second-order valence-corrected chi connectivity index (χ2v) is 4.32. The monoisotopic (exact) mass is 268 g/mol.